The zero-order chi connectivity index (χ0) is 13.8. The molecule has 1 aromatic rings. The molecule has 1 heterocycles. The summed E-state index contributed by atoms with van der Waals surface area (Å²) in [4.78, 5) is 2.61. The first-order chi connectivity index (χ1) is 9.06. The number of rotatable bonds is 4. The summed E-state index contributed by atoms with van der Waals surface area (Å²) >= 11 is 0. The average molecular weight is 259 g/mol. The first-order valence-corrected chi connectivity index (χ1v) is 7.89. The summed E-state index contributed by atoms with van der Waals surface area (Å²) in [6.07, 6.45) is 4.00. The maximum absolute atomic E-state index is 2.61. The van der Waals surface area contributed by atoms with Crippen molar-refractivity contribution in [2.75, 3.05) is 13.1 Å². The topological polar surface area (TPSA) is 3.24 Å². The van der Waals surface area contributed by atoms with Gasteiger partial charge in [0.15, 0.2) is 0 Å². The Morgan fingerprint density at radius 1 is 1.00 bits per heavy atom. The summed E-state index contributed by atoms with van der Waals surface area (Å²) in [7, 11) is 0. The van der Waals surface area contributed by atoms with Crippen LogP contribution in [0.3, 0.4) is 0 Å². The molecule has 0 atom stereocenters. The van der Waals surface area contributed by atoms with Crippen molar-refractivity contribution in [1.29, 1.82) is 0 Å². The molecule has 19 heavy (non-hydrogen) atoms. The van der Waals surface area contributed by atoms with E-state index in [1.165, 1.54) is 43.5 Å². The molecular formula is C18H29N. The fourth-order valence-electron chi connectivity index (χ4n) is 3.05. The molecule has 1 nitrogen and oxygen atoms in total. The minimum atomic E-state index is 0.642. The van der Waals surface area contributed by atoms with Crippen molar-refractivity contribution in [2.24, 2.45) is 5.92 Å². The third-order valence-corrected chi connectivity index (χ3v) is 4.55. The number of piperidine rings is 1. The van der Waals surface area contributed by atoms with Gasteiger partial charge in [-0.15, -0.1) is 0 Å². The molecule has 0 amide bonds. The quantitative estimate of drug-likeness (QED) is 0.771. The summed E-state index contributed by atoms with van der Waals surface area (Å²) < 4.78 is 0. The van der Waals surface area contributed by atoms with Crippen LogP contribution in [-0.2, 0) is 6.42 Å². The first kappa shape index (κ1) is 14.6. The Hall–Kier alpha value is -0.820. The van der Waals surface area contributed by atoms with Gasteiger partial charge in [0.05, 0.1) is 0 Å². The van der Waals surface area contributed by atoms with Gasteiger partial charge in [-0.05, 0) is 69.2 Å². The average Bonchev–Trinajstić information content (AvgIpc) is 2.40. The molecule has 0 aromatic heterocycles. The molecule has 1 aliphatic rings. The van der Waals surface area contributed by atoms with Gasteiger partial charge in [0, 0.05) is 6.04 Å². The normalized spacial score (nSPS) is 18.4. The van der Waals surface area contributed by atoms with Crippen LogP contribution in [0.4, 0.5) is 0 Å². The number of nitrogens with zero attached hydrogens (tertiary/aromatic N) is 1. The van der Waals surface area contributed by atoms with Gasteiger partial charge >= 0.3 is 0 Å². The Balaban J connectivity index is 1.85. The molecule has 1 saturated heterocycles. The molecule has 2 rings (SSSR count). The van der Waals surface area contributed by atoms with Gasteiger partial charge in [0.2, 0.25) is 0 Å². The van der Waals surface area contributed by atoms with Gasteiger partial charge in [0.25, 0.3) is 0 Å². The molecule has 0 spiro atoms. The van der Waals surface area contributed by atoms with E-state index in [-0.39, 0.29) is 0 Å². The lowest BCUT2D eigenvalue weighted by Gasteiger charge is -2.34. The Morgan fingerprint density at radius 3 is 2.05 bits per heavy atom. The summed E-state index contributed by atoms with van der Waals surface area (Å²) in [6, 6.07) is 10.0. The van der Waals surface area contributed by atoms with Gasteiger partial charge in [-0.1, -0.05) is 38.1 Å². The van der Waals surface area contributed by atoms with Crippen molar-refractivity contribution in [1.82, 2.24) is 4.90 Å². The van der Waals surface area contributed by atoms with Gasteiger partial charge in [-0.25, -0.2) is 0 Å². The fraction of sp³-hybridized carbons (Fsp3) is 0.667. The predicted molar refractivity (Wildman–Crippen MR) is 83.7 cm³/mol. The summed E-state index contributed by atoms with van der Waals surface area (Å²) in [6.45, 7) is 11.7. The van der Waals surface area contributed by atoms with Crippen LogP contribution in [0, 0.1) is 5.92 Å². The van der Waals surface area contributed by atoms with E-state index in [1.54, 1.807) is 0 Å². The number of likely N-dealkylation sites (tertiary alicyclic amines) is 1. The summed E-state index contributed by atoms with van der Waals surface area (Å²) in [5.74, 6) is 1.53. The van der Waals surface area contributed by atoms with Crippen molar-refractivity contribution < 1.29 is 0 Å². The largest absolute Gasteiger partial charge is 0.301 e. The van der Waals surface area contributed by atoms with Crippen molar-refractivity contribution in [3.05, 3.63) is 35.4 Å². The van der Waals surface area contributed by atoms with Crippen LogP contribution < -0.4 is 0 Å². The maximum Gasteiger partial charge on any atom is 0.00385 e. The van der Waals surface area contributed by atoms with E-state index in [0.29, 0.717) is 12.0 Å². The maximum atomic E-state index is 2.61. The van der Waals surface area contributed by atoms with E-state index in [4.69, 9.17) is 0 Å². The Labute approximate surface area is 119 Å². The first-order valence-electron chi connectivity index (χ1n) is 7.89. The lowest BCUT2D eigenvalue weighted by molar-refractivity contribution is 0.149. The van der Waals surface area contributed by atoms with Gasteiger partial charge in [0.1, 0.15) is 0 Å². The molecule has 0 unspecified atom stereocenters. The van der Waals surface area contributed by atoms with E-state index >= 15 is 0 Å². The van der Waals surface area contributed by atoms with Crippen molar-refractivity contribution in [3.63, 3.8) is 0 Å². The molecule has 0 radical (unpaired) electrons. The van der Waals surface area contributed by atoms with Crippen LogP contribution in [0.5, 0.6) is 0 Å². The van der Waals surface area contributed by atoms with Gasteiger partial charge in [-0.2, -0.15) is 0 Å². The highest BCUT2D eigenvalue weighted by Gasteiger charge is 2.20. The molecule has 0 N–H and O–H groups in total. The SMILES string of the molecule is CC(C)c1ccc(CC2CCN(C(C)C)CC2)cc1. The highest BCUT2D eigenvalue weighted by Crippen LogP contribution is 2.23. The highest BCUT2D eigenvalue weighted by atomic mass is 15.1. The van der Waals surface area contributed by atoms with E-state index in [9.17, 15) is 0 Å². The van der Waals surface area contributed by atoms with E-state index in [2.05, 4.69) is 56.9 Å². The monoisotopic (exact) mass is 259 g/mol. The molecule has 0 saturated carbocycles. The Kier molecular flexibility index (Phi) is 5.04. The highest BCUT2D eigenvalue weighted by molar-refractivity contribution is 5.25. The number of hydrogen-bond acceptors (Lipinski definition) is 1. The zero-order valence-corrected chi connectivity index (χ0v) is 13.0. The third kappa shape index (κ3) is 4.07. The molecule has 106 valence electrons. The fourth-order valence-corrected chi connectivity index (χ4v) is 3.05. The molecule has 1 aliphatic heterocycles. The molecule has 1 fully saturated rings. The molecule has 1 heteroatoms. The van der Waals surface area contributed by atoms with Crippen molar-refractivity contribution in [2.45, 2.75) is 58.9 Å². The van der Waals surface area contributed by atoms with Crippen LogP contribution in [0.15, 0.2) is 24.3 Å². The van der Waals surface area contributed by atoms with Gasteiger partial charge in [-0.3, -0.25) is 0 Å². The van der Waals surface area contributed by atoms with Gasteiger partial charge < -0.3 is 4.90 Å². The third-order valence-electron chi connectivity index (χ3n) is 4.55. The zero-order valence-electron chi connectivity index (χ0n) is 13.0. The van der Waals surface area contributed by atoms with Crippen LogP contribution in [0.25, 0.3) is 0 Å². The Morgan fingerprint density at radius 2 is 1.58 bits per heavy atom. The van der Waals surface area contributed by atoms with E-state index in [1.807, 2.05) is 0 Å². The second kappa shape index (κ2) is 6.56. The predicted octanol–water partition coefficient (Wildman–Crippen LogP) is 4.47. The van der Waals surface area contributed by atoms with E-state index < -0.39 is 0 Å². The smallest absolute Gasteiger partial charge is 0.00385 e. The lowest BCUT2D eigenvalue weighted by Crippen LogP contribution is -2.38. The standard InChI is InChI=1S/C18H29N/c1-14(2)18-7-5-16(6-8-18)13-17-9-11-19(12-10-17)15(3)4/h5-8,14-15,17H,9-13H2,1-4H3. The minimum Gasteiger partial charge on any atom is -0.301 e. The lowest BCUT2D eigenvalue weighted by atomic mass is 9.89. The van der Waals surface area contributed by atoms with Crippen LogP contribution in [0.2, 0.25) is 0 Å². The number of benzene rings is 1. The number of hydrogen-bond donors (Lipinski definition) is 0. The molecular weight excluding hydrogens is 230 g/mol. The molecule has 0 aliphatic carbocycles. The minimum absolute atomic E-state index is 0.642. The molecule has 0 bridgehead atoms. The van der Waals surface area contributed by atoms with Crippen molar-refractivity contribution in [3.8, 4) is 0 Å². The van der Waals surface area contributed by atoms with Crippen LogP contribution in [0.1, 0.15) is 57.6 Å². The second-order valence-electron chi connectivity index (χ2n) is 6.67. The van der Waals surface area contributed by atoms with Crippen LogP contribution >= 0.6 is 0 Å². The summed E-state index contributed by atoms with van der Waals surface area (Å²) in [5.41, 5.74) is 2.98. The van der Waals surface area contributed by atoms with E-state index in [0.717, 1.165) is 5.92 Å². The Bertz CT molecular complexity index is 369. The van der Waals surface area contributed by atoms with Crippen molar-refractivity contribution >= 4 is 0 Å². The summed E-state index contributed by atoms with van der Waals surface area (Å²) in [5, 5.41) is 0. The molecule has 1 aromatic carbocycles. The van der Waals surface area contributed by atoms with Crippen LogP contribution in [-0.4, -0.2) is 24.0 Å². The second-order valence-corrected chi connectivity index (χ2v) is 6.67.